The topological polar surface area (TPSA) is 72.3 Å². The van der Waals surface area contributed by atoms with E-state index in [0.29, 0.717) is 18.8 Å². The van der Waals surface area contributed by atoms with Gasteiger partial charge in [0.1, 0.15) is 18.1 Å². The molecular weight excluding hydrogens is 428 g/mol. The van der Waals surface area contributed by atoms with Crippen molar-refractivity contribution in [1.29, 1.82) is 0 Å². The van der Waals surface area contributed by atoms with Crippen LogP contribution in [0.5, 0.6) is 5.75 Å². The molecule has 9 heteroatoms. The van der Waals surface area contributed by atoms with Gasteiger partial charge in [-0.15, -0.1) is 0 Å². The van der Waals surface area contributed by atoms with Gasteiger partial charge in [0.15, 0.2) is 17.5 Å². The molecule has 1 aromatic heterocycles. The van der Waals surface area contributed by atoms with Gasteiger partial charge >= 0.3 is 0 Å². The number of halogens is 2. The van der Waals surface area contributed by atoms with Crippen LogP contribution in [0.1, 0.15) is 24.2 Å². The Morgan fingerprint density at radius 3 is 2.55 bits per heavy atom. The smallest absolute Gasteiger partial charge is 0.242 e. The van der Waals surface area contributed by atoms with Crippen molar-refractivity contribution in [3.05, 3.63) is 65.5 Å². The molecule has 1 amide bonds. The molecule has 172 valence electrons. The molecule has 5 rings (SSSR count). The van der Waals surface area contributed by atoms with Crippen molar-refractivity contribution in [2.75, 3.05) is 20.2 Å². The zero-order chi connectivity index (χ0) is 23.0. The summed E-state index contributed by atoms with van der Waals surface area (Å²) < 4.78 is 33.7. The first-order chi connectivity index (χ1) is 15.9. The van der Waals surface area contributed by atoms with Gasteiger partial charge in [-0.1, -0.05) is 6.07 Å². The van der Waals surface area contributed by atoms with Crippen molar-refractivity contribution < 1.29 is 18.3 Å². The van der Waals surface area contributed by atoms with E-state index in [1.807, 2.05) is 24.3 Å². The van der Waals surface area contributed by atoms with Gasteiger partial charge in [0, 0.05) is 37.2 Å². The fourth-order valence-corrected chi connectivity index (χ4v) is 4.65. The minimum absolute atomic E-state index is 0.0750. The summed E-state index contributed by atoms with van der Waals surface area (Å²) in [5.74, 6) is 0.392. The lowest BCUT2D eigenvalue weighted by Gasteiger charge is -2.41. The number of aromatic nitrogens is 3. The number of piperidine rings is 1. The van der Waals surface area contributed by atoms with Crippen LogP contribution in [0.3, 0.4) is 0 Å². The van der Waals surface area contributed by atoms with E-state index in [9.17, 15) is 13.6 Å². The largest absolute Gasteiger partial charge is 0.497 e. The molecule has 0 aliphatic carbocycles. The molecule has 2 aliphatic heterocycles. The number of carbonyl (C=O) groups excluding carboxylic acids is 1. The first-order valence-corrected chi connectivity index (χ1v) is 11.0. The maximum Gasteiger partial charge on any atom is 0.242 e. The van der Waals surface area contributed by atoms with Crippen LogP contribution in [0.4, 0.5) is 8.78 Å². The van der Waals surface area contributed by atoms with E-state index in [4.69, 9.17) is 9.72 Å². The highest BCUT2D eigenvalue weighted by Gasteiger charge is 2.40. The Labute approximate surface area is 190 Å². The van der Waals surface area contributed by atoms with Crippen molar-refractivity contribution in [3.63, 3.8) is 0 Å². The van der Waals surface area contributed by atoms with Gasteiger partial charge in [0.2, 0.25) is 5.91 Å². The van der Waals surface area contributed by atoms with Crippen LogP contribution in [0, 0.1) is 11.6 Å². The highest BCUT2D eigenvalue weighted by atomic mass is 19.2. The molecule has 0 unspecified atom stereocenters. The molecule has 1 N–H and O–H groups in total. The molecule has 3 aromatic rings. The van der Waals surface area contributed by atoms with E-state index in [0.717, 1.165) is 54.7 Å². The van der Waals surface area contributed by atoms with E-state index in [1.165, 1.54) is 6.07 Å². The van der Waals surface area contributed by atoms with Gasteiger partial charge in [-0.2, -0.15) is 5.10 Å². The minimum Gasteiger partial charge on any atom is -0.497 e. The molecule has 7 nitrogen and oxygen atoms in total. The lowest BCUT2D eigenvalue weighted by Crippen LogP contribution is -2.56. The van der Waals surface area contributed by atoms with E-state index in [-0.39, 0.29) is 18.0 Å². The number of ether oxygens (including phenoxy) is 1. The summed E-state index contributed by atoms with van der Waals surface area (Å²) in [5.41, 5.74) is 1.21. The molecule has 2 aromatic carbocycles. The van der Waals surface area contributed by atoms with Crippen LogP contribution in [0.2, 0.25) is 0 Å². The summed E-state index contributed by atoms with van der Waals surface area (Å²) in [4.78, 5) is 19.6. The average molecular weight is 453 g/mol. The Hall–Kier alpha value is -3.33. The molecular formula is C24H25F2N5O2. The minimum atomic E-state index is -0.837. The van der Waals surface area contributed by atoms with E-state index in [2.05, 4.69) is 15.3 Å². The van der Waals surface area contributed by atoms with Crippen molar-refractivity contribution in [1.82, 2.24) is 25.0 Å². The molecule has 0 bridgehead atoms. The van der Waals surface area contributed by atoms with Crippen LogP contribution in [0.25, 0.3) is 11.4 Å². The summed E-state index contributed by atoms with van der Waals surface area (Å²) in [7, 11) is 1.62. The standard InChI is InChI=1S/C24H25F2N5O2/c1-33-18-5-3-17(4-6-18)23-27-21-13-24(28-22(32)15-31(21)29-23)8-10-30(11-9-24)14-16-2-7-19(25)20(26)12-16/h2-7,12H,8-11,13-15H2,1H3,(H,28,32). The van der Waals surface area contributed by atoms with Gasteiger partial charge in [0.05, 0.1) is 7.11 Å². The Morgan fingerprint density at radius 2 is 1.85 bits per heavy atom. The second-order valence-electron chi connectivity index (χ2n) is 8.77. The third-order valence-corrected chi connectivity index (χ3v) is 6.49. The summed E-state index contributed by atoms with van der Waals surface area (Å²) in [6.45, 7) is 2.15. The third kappa shape index (κ3) is 4.45. The van der Waals surface area contributed by atoms with E-state index < -0.39 is 11.6 Å². The highest BCUT2D eigenvalue weighted by molar-refractivity contribution is 5.77. The number of nitrogens with one attached hydrogen (secondary N) is 1. The number of likely N-dealkylation sites (tertiary alicyclic amines) is 1. The zero-order valence-electron chi connectivity index (χ0n) is 18.4. The van der Waals surface area contributed by atoms with Gasteiger partial charge in [-0.3, -0.25) is 9.69 Å². The molecule has 1 saturated heterocycles. The maximum absolute atomic E-state index is 13.5. The predicted molar refractivity (Wildman–Crippen MR) is 117 cm³/mol. The molecule has 0 atom stereocenters. The van der Waals surface area contributed by atoms with E-state index >= 15 is 0 Å². The summed E-state index contributed by atoms with van der Waals surface area (Å²) in [6.07, 6.45) is 2.08. The number of amides is 1. The van der Waals surface area contributed by atoms with Crippen LogP contribution >= 0.6 is 0 Å². The zero-order valence-corrected chi connectivity index (χ0v) is 18.4. The number of carbonyl (C=O) groups is 1. The van der Waals surface area contributed by atoms with Gasteiger partial charge in [0.25, 0.3) is 0 Å². The Balaban J connectivity index is 1.30. The number of methoxy groups -OCH3 is 1. The number of rotatable bonds is 4. The maximum atomic E-state index is 13.5. The van der Waals surface area contributed by atoms with Crippen molar-refractivity contribution >= 4 is 5.91 Å². The predicted octanol–water partition coefficient (Wildman–Crippen LogP) is 2.94. The van der Waals surface area contributed by atoms with Gasteiger partial charge in [-0.05, 0) is 54.8 Å². The lowest BCUT2D eigenvalue weighted by atomic mass is 9.84. The third-order valence-electron chi connectivity index (χ3n) is 6.49. The van der Waals surface area contributed by atoms with Gasteiger partial charge < -0.3 is 10.1 Å². The average Bonchev–Trinajstić information content (AvgIpc) is 3.14. The number of fused-ring (bicyclic) bond motifs is 1. The Kier molecular flexibility index (Phi) is 5.57. The molecule has 3 heterocycles. The number of hydrogen-bond acceptors (Lipinski definition) is 5. The Bertz CT molecular complexity index is 1170. The van der Waals surface area contributed by atoms with Gasteiger partial charge in [-0.25, -0.2) is 18.4 Å². The van der Waals surface area contributed by atoms with Crippen molar-refractivity contribution in [2.24, 2.45) is 0 Å². The number of hydrogen-bond donors (Lipinski definition) is 1. The summed E-state index contributed by atoms with van der Waals surface area (Å²) in [6, 6.07) is 11.5. The van der Waals surface area contributed by atoms with Crippen LogP contribution in [0.15, 0.2) is 42.5 Å². The number of benzene rings is 2. The van der Waals surface area contributed by atoms with Crippen molar-refractivity contribution in [2.45, 2.75) is 37.9 Å². The first-order valence-electron chi connectivity index (χ1n) is 11.0. The summed E-state index contributed by atoms with van der Waals surface area (Å²) >= 11 is 0. The van der Waals surface area contributed by atoms with Crippen LogP contribution in [-0.4, -0.2) is 51.3 Å². The first kappa shape index (κ1) is 21.5. The molecule has 33 heavy (non-hydrogen) atoms. The summed E-state index contributed by atoms with van der Waals surface area (Å²) in [5, 5.41) is 7.79. The monoisotopic (exact) mass is 453 g/mol. The Morgan fingerprint density at radius 1 is 1.09 bits per heavy atom. The van der Waals surface area contributed by atoms with Crippen LogP contribution in [-0.2, 0) is 24.3 Å². The molecule has 2 aliphatic rings. The molecule has 0 radical (unpaired) electrons. The van der Waals surface area contributed by atoms with E-state index in [1.54, 1.807) is 17.9 Å². The fraction of sp³-hybridized carbons (Fsp3) is 0.375. The molecule has 0 saturated carbocycles. The second kappa shape index (κ2) is 8.55. The molecule has 1 spiro atoms. The molecule has 1 fully saturated rings. The SMILES string of the molecule is COc1ccc(-c2nc3n(n2)CC(=O)NC2(CCN(Cc4ccc(F)c(F)c4)CC2)C3)cc1. The second-order valence-corrected chi connectivity index (χ2v) is 8.77. The normalized spacial score (nSPS) is 18.0. The van der Waals surface area contributed by atoms with Crippen molar-refractivity contribution in [3.8, 4) is 17.1 Å². The quantitative estimate of drug-likeness (QED) is 0.658. The van der Waals surface area contributed by atoms with Crippen LogP contribution < -0.4 is 10.1 Å². The fourth-order valence-electron chi connectivity index (χ4n) is 4.65. The lowest BCUT2D eigenvalue weighted by molar-refractivity contribution is -0.123. The highest BCUT2D eigenvalue weighted by Crippen LogP contribution is 2.30. The number of nitrogens with zero attached hydrogens (tertiary/aromatic N) is 4.